The maximum atomic E-state index is 10.8. The van der Waals surface area contributed by atoms with E-state index in [1.807, 2.05) is 0 Å². The van der Waals surface area contributed by atoms with Crippen molar-refractivity contribution >= 4 is 28.4 Å². The standard InChI is InChI=1S/C10H10Cl2O3/c1-6(10(12)13)15-9-4-3-7(14-2)5-8(9)11/h3-6H,1-2H3. The zero-order valence-electron chi connectivity index (χ0n) is 8.29. The average molecular weight is 249 g/mol. The molecule has 3 nitrogen and oxygen atoms in total. The second kappa shape index (κ2) is 5.24. The summed E-state index contributed by atoms with van der Waals surface area (Å²) in [5.41, 5.74) is 0. The van der Waals surface area contributed by atoms with Crippen LogP contribution >= 0.6 is 23.2 Å². The van der Waals surface area contributed by atoms with Crippen LogP contribution in [0.4, 0.5) is 0 Å². The summed E-state index contributed by atoms with van der Waals surface area (Å²) in [6.07, 6.45) is -0.724. The fourth-order valence-corrected chi connectivity index (χ4v) is 1.20. The minimum atomic E-state index is -0.724. The zero-order chi connectivity index (χ0) is 11.4. The molecule has 0 saturated heterocycles. The van der Waals surface area contributed by atoms with Gasteiger partial charge in [0.2, 0.25) is 0 Å². The van der Waals surface area contributed by atoms with Crippen LogP contribution in [0.15, 0.2) is 18.2 Å². The van der Waals surface area contributed by atoms with Crippen LogP contribution in [0, 0.1) is 0 Å². The van der Waals surface area contributed by atoms with Crippen LogP contribution < -0.4 is 9.47 Å². The molecule has 0 radical (unpaired) electrons. The van der Waals surface area contributed by atoms with E-state index < -0.39 is 11.3 Å². The summed E-state index contributed by atoms with van der Waals surface area (Å²) in [5.74, 6) is 1.02. The van der Waals surface area contributed by atoms with Crippen molar-refractivity contribution < 1.29 is 14.3 Å². The lowest BCUT2D eigenvalue weighted by molar-refractivity contribution is -0.117. The number of hydrogen-bond donors (Lipinski definition) is 0. The number of rotatable bonds is 4. The molecule has 0 aliphatic carbocycles. The molecule has 0 aliphatic heterocycles. The summed E-state index contributed by atoms with van der Waals surface area (Å²) in [6, 6.07) is 4.91. The van der Waals surface area contributed by atoms with E-state index in [0.29, 0.717) is 16.5 Å². The van der Waals surface area contributed by atoms with Crippen molar-refractivity contribution in [3.63, 3.8) is 0 Å². The Hall–Kier alpha value is -0.930. The van der Waals surface area contributed by atoms with Crippen molar-refractivity contribution in [1.82, 2.24) is 0 Å². The normalized spacial score (nSPS) is 12.0. The van der Waals surface area contributed by atoms with Gasteiger partial charge in [-0.3, -0.25) is 4.79 Å². The van der Waals surface area contributed by atoms with E-state index in [9.17, 15) is 4.79 Å². The highest BCUT2D eigenvalue weighted by Gasteiger charge is 2.13. The predicted molar refractivity (Wildman–Crippen MR) is 59.0 cm³/mol. The summed E-state index contributed by atoms with van der Waals surface area (Å²) in [6.45, 7) is 1.55. The lowest BCUT2D eigenvalue weighted by Gasteiger charge is -2.12. The third-order valence-electron chi connectivity index (χ3n) is 1.76. The summed E-state index contributed by atoms with van der Waals surface area (Å²) < 4.78 is 10.2. The molecule has 1 aromatic rings. The number of methoxy groups -OCH3 is 1. The molecule has 0 heterocycles. The lowest BCUT2D eigenvalue weighted by Crippen LogP contribution is -2.19. The maximum Gasteiger partial charge on any atom is 0.262 e. The van der Waals surface area contributed by atoms with E-state index in [1.54, 1.807) is 25.1 Å². The van der Waals surface area contributed by atoms with E-state index in [4.69, 9.17) is 32.7 Å². The minimum Gasteiger partial charge on any atom is -0.497 e. The average Bonchev–Trinajstić information content (AvgIpc) is 2.20. The van der Waals surface area contributed by atoms with Gasteiger partial charge < -0.3 is 9.47 Å². The summed E-state index contributed by atoms with van der Waals surface area (Å²) in [5, 5.41) is -0.194. The number of benzene rings is 1. The quantitative estimate of drug-likeness (QED) is 0.769. The van der Waals surface area contributed by atoms with Crippen molar-refractivity contribution in [3.8, 4) is 11.5 Å². The first-order chi connectivity index (χ1) is 7.04. The van der Waals surface area contributed by atoms with Crippen molar-refractivity contribution in [3.05, 3.63) is 23.2 Å². The molecule has 0 saturated carbocycles. The zero-order valence-corrected chi connectivity index (χ0v) is 9.80. The topological polar surface area (TPSA) is 35.5 Å². The molecular weight excluding hydrogens is 239 g/mol. The Morgan fingerprint density at radius 2 is 2.13 bits per heavy atom. The highest BCUT2D eigenvalue weighted by atomic mass is 35.5. The van der Waals surface area contributed by atoms with E-state index in [-0.39, 0.29) is 0 Å². The number of carbonyl (C=O) groups is 1. The first-order valence-electron chi connectivity index (χ1n) is 4.24. The van der Waals surface area contributed by atoms with Crippen LogP contribution in [0.1, 0.15) is 6.92 Å². The minimum absolute atomic E-state index is 0.374. The van der Waals surface area contributed by atoms with Crippen LogP contribution in [0.2, 0.25) is 5.02 Å². The SMILES string of the molecule is COc1ccc(OC(C)C(=O)Cl)c(Cl)c1. The van der Waals surface area contributed by atoms with Crippen LogP contribution in [0.25, 0.3) is 0 Å². The van der Waals surface area contributed by atoms with Gasteiger partial charge >= 0.3 is 0 Å². The maximum absolute atomic E-state index is 10.8. The molecule has 0 bridgehead atoms. The molecule has 15 heavy (non-hydrogen) atoms. The first-order valence-corrected chi connectivity index (χ1v) is 4.99. The summed E-state index contributed by atoms with van der Waals surface area (Å²) >= 11 is 11.2. The van der Waals surface area contributed by atoms with Crippen LogP contribution in [-0.4, -0.2) is 18.5 Å². The molecule has 1 unspecified atom stereocenters. The molecule has 0 spiro atoms. The van der Waals surface area contributed by atoms with E-state index in [1.165, 1.54) is 7.11 Å². The molecule has 1 aromatic carbocycles. The lowest BCUT2D eigenvalue weighted by atomic mass is 10.3. The molecule has 1 rings (SSSR count). The van der Waals surface area contributed by atoms with Gasteiger partial charge in [0.1, 0.15) is 11.5 Å². The Balaban J connectivity index is 2.82. The Labute approximate surface area is 97.9 Å². The molecule has 0 aliphatic rings. The van der Waals surface area contributed by atoms with Gasteiger partial charge in [-0.25, -0.2) is 0 Å². The fourth-order valence-electron chi connectivity index (χ4n) is 0.941. The molecule has 0 aromatic heterocycles. The number of hydrogen-bond acceptors (Lipinski definition) is 3. The third kappa shape index (κ3) is 3.29. The predicted octanol–water partition coefficient (Wildman–Crippen LogP) is 2.88. The molecule has 0 fully saturated rings. The van der Waals surface area contributed by atoms with Gasteiger partial charge in [0.15, 0.2) is 6.10 Å². The smallest absolute Gasteiger partial charge is 0.262 e. The monoisotopic (exact) mass is 248 g/mol. The van der Waals surface area contributed by atoms with Crippen LogP contribution in [0.5, 0.6) is 11.5 Å². The fraction of sp³-hybridized carbons (Fsp3) is 0.300. The molecule has 0 N–H and O–H groups in total. The summed E-state index contributed by atoms with van der Waals surface area (Å²) in [7, 11) is 1.54. The van der Waals surface area contributed by atoms with Gasteiger partial charge in [0, 0.05) is 6.07 Å². The van der Waals surface area contributed by atoms with Gasteiger partial charge in [-0.1, -0.05) is 11.6 Å². The second-order valence-corrected chi connectivity index (χ2v) is 3.64. The van der Waals surface area contributed by atoms with E-state index in [0.717, 1.165) is 0 Å². The van der Waals surface area contributed by atoms with Gasteiger partial charge in [-0.15, -0.1) is 0 Å². The Morgan fingerprint density at radius 1 is 1.47 bits per heavy atom. The molecule has 1 atom stereocenters. The van der Waals surface area contributed by atoms with Crippen molar-refractivity contribution in [2.24, 2.45) is 0 Å². The van der Waals surface area contributed by atoms with Gasteiger partial charge in [0.25, 0.3) is 5.24 Å². The Morgan fingerprint density at radius 3 is 2.60 bits per heavy atom. The van der Waals surface area contributed by atoms with Gasteiger partial charge in [-0.2, -0.15) is 0 Å². The van der Waals surface area contributed by atoms with Crippen molar-refractivity contribution in [1.29, 1.82) is 0 Å². The first kappa shape index (κ1) is 12.1. The van der Waals surface area contributed by atoms with Crippen molar-refractivity contribution in [2.45, 2.75) is 13.0 Å². The second-order valence-electron chi connectivity index (χ2n) is 2.86. The Bertz CT molecular complexity index is 366. The highest BCUT2D eigenvalue weighted by molar-refractivity contribution is 6.64. The number of carbonyl (C=O) groups excluding carboxylic acids is 1. The van der Waals surface area contributed by atoms with Gasteiger partial charge in [0.05, 0.1) is 12.1 Å². The van der Waals surface area contributed by atoms with E-state index in [2.05, 4.69) is 0 Å². The molecular formula is C10H10Cl2O3. The number of halogens is 2. The van der Waals surface area contributed by atoms with Crippen LogP contribution in [0.3, 0.4) is 0 Å². The number of ether oxygens (including phenoxy) is 2. The van der Waals surface area contributed by atoms with Gasteiger partial charge in [-0.05, 0) is 30.7 Å². The highest BCUT2D eigenvalue weighted by Crippen LogP contribution is 2.29. The molecule has 5 heteroatoms. The molecule has 82 valence electrons. The Kier molecular flexibility index (Phi) is 4.24. The molecule has 0 amide bonds. The summed E-state index contributed by atoms with van der Waals surface area (Å²) in [4.78, 5) is 10.8. The van der Waals surface area contributed by atoms with Crippen LogP contribution in [-0.2, 0) is 4.79 Å². The largest absolute Gasteiger partial charge is 0.497 e. The van der Waals surface area contributed by atoms with E-state index >= 15 is 0 Å². The third-order valence-corrected chi connectivity index (χ3v) is 2.37. The van der Waals surface area contributed by atoms with Crippen molar-refractivity contribution in [2.75, 3.05) is 7.11 Å².